The van der Waals surface area contributed by atoms with E-state index in [0.717, 1.165) is 5.56 Å². The first-order valence-electron chi connectivity index (χ1n) is 7.06. The maximum Gasteiger partial charge on any atom is 0.234 e. The van der Waals surface area contributed by atoms with Crippen molar-refractivity contribution in [3.8, 4) is 5.75 Å². The minimum absolute atomic E-state index is 0.129. The van der Waals surface area contributed by atoms with E-state index in [2.05, 4.69) is 17.9 Å². The van der Waals surface area contributed by atoms with Crippen molar-refractivity contribution < 1.29 is 9.53 Å². The van der Waals surface area contributed by atoms with Gasteiger partial charge in [0.05, 0.1) is 10.8 Å². The van der Waals surface area contributed by atoms with Crippen molar-refractivity contribution in [3.05, 3.63) is 59.1 Å². The molecule has 0 saturated heterocycles. The number of carbonyl (C=O) groups excluding carboxylic acids is 1. The van der Waals surface area contributed by atoms with Crippen LogP contribution in [-0.4, -0.2) is 11.7 Å². The van der Waals surface area contributed by atoms with Gasteiger partial charge in [0.15, 0.2) is 0 Å². The lowest BCUT2D eigenvalue weighted by molar-refractivity contribution is -0.113. The topological polar surface area (TPSA) is 38.3 Å². The van der Waals surface area contributed by atoms with E-state index < -0.39 is 0 Å². The van der Waals surface area contributed by atoms with Crippen LogP contribution in [0.5, 0.6) is 5.75 Å². The SMILES string of the molecule is CC.O=C(CS)Nc1ccc(OCc2ccccc2)c(Cl)c1. The number of amides is 1. The fourth-order valence-corrected chi connectivity index (χ4v) is 1.95. The van der Waals surface area contributed by atoms with E-state index in [9.17, 15) is 4.79 Å². The average molecular weight is 338 g/mol. The van der Waals surface area contributed by atoms with Gasteiger partial charge in [-0.2, -0.15) is 12.6 Å². The second kappa shape index (κ2) is 10.1. The van der Waals surface area contributed by atoms with Crippen molar-refractivity contribution in [2.45, 2.75) is 20.5 Å². The summed E-state index contributed by atoms with van der Waals surface area (Å²) in [6, 6.07) is 15.0. The standard InChI is InChI=1S/C15H14ClNO2S.C2H6/c16-13-8-12(17-15(18)10-20)6-7-14(13)19-9-11-4-2-1-3-5-11;1-2/h1-8,20H,9-10H2,(H,17,18);1-2H3. The Morgan fingerprint density at radius 3 is 2.45 bits per heavy atom. The molecule has 2 rings (SSSR count). The molecule has 5 heteroatoms. The Hall–Kier alpha value is -1.65. The molecule has 3 nitrogen and oxygen atoms in total. The number of halogens is 1. The predicted molar refractivity (Wildman–Crippen MR) is 96.1 cm³/mol. The number of hydrogen-bond acceptors (Lipinski definition) is 3. The summed E-state index contributed by atoms with van der Waals surface area (Å²) in [7, 11) is 0. The van der Waals surface area contributed by atoms with Crippen molar-refractivity contribution in [1.29, 1.82) is 0 Å². The molecule has 0 saturated carbocycles. The lowest BCUT2D eigenvalue weighted by Gasteiger charge is -2.10. The number of nitrogens with one attached hydrogen (secondary N) is 1. The van der Waals surface area contributed by atoms with E-state index in [1.807, 2.05) is 44.2 Å². The van der Waals surface area contributed by atoms with Crippen molar-refractivity contribution >= 4 is 35.8 Å². The summed E-state index contributed by atoms with van der Waals surface area (Å²) in [5.74, 6) is 0.533. The zero-order chi connectivity index (χ0) is 16.4. The van der Waals surface area contributed by atoms with Crippen LogP contribution in [-0.2, 0) is 11.4 Å². The molecule has 2 aromatic rings. The molecule has 2 aromatic carbocycles. The molecule has 0 aromatic heterocycles. The van der Waals surface area contributed by atoms with Crippen LogP contribution in [0, 0.1) is 0 Å². The van der Waals surface area contributed by atoms with E-state index >= 15 is 0 Å². The first-order chi connectivity index (χ1) is 10.7. The molecule has 0 heterocycles. The second-order valence-corrected chi connectivity index (χ2v) is 4.85. The normalized spacial score (nSPS) is 9.45. The summed E-state index contributed by atoms with van der Waals surface area (Å²) in [5.41, 5.74) is 1.69. The second-order valence-electron chi connectivity index (χ2n) is 4.13. The Labute approximate surface area is 142 Å². The third kappa shape index (κ3) is 6.00. The molecule has 0 fully saturated rings. The van der Waals surface area contributed by atoms with Crippen molar-refractivity contribution in [2.24, 2.45) is 0 Å². The molecule has 0 bridgehead atoms. The fraction of sp³-hybridized carbons (Fsp3) is 0.235. The smallest absolute Gasteiger partial charge is 0.234 e. The highest BCUT2D eigenvalue weighted by Crippen LogP contribution is 2.28. The number of hydrogen-bond donors (Lipinski definition) is 2. The maximum atomic E-state index is 11.2. The van der Waals surface area contributed by atoms with Crippen LogP contribution in [0.2, 0.25) is 5.02 Å². The van der Waals surface area contributed by atoms with E-state index in [-0.39, 0.29) is 11.7 Å². The minimum Gasteiger partial charge on any atom is -0.487 e. The van der Waals surface area contributed by atoms with Gasteiger partial charge < -0.3 is 10.1 Å². The zero-order valence-corrected chi connectivity index (χ0v) is 14.3. The van der Waals surface area contributed by atoms with Crippen LogP contribution >= 0.6 is 24.2 Å². The van der Waals surface area contributed by atoms with Gasteiger partial charge in [-0.3, -0.25) is 4.79 Å². The first kappa shape index (κ1) is 18.4. The van der Waals surface area contributed by atoms with Gasteiger partial charge in [0.1, 0.15) is 12.4 Å². The van der Waals surface area contributed by atoms with E-state index in [4.69, 9.17) is 16.3 Å². The van der Waals surface area contributed by atoms with Gasteiger partial charge in [0, 0.05) is 5.69 Å². The van der Waals surface area contributed by atoms with Crippen LogP contribution < -0.4 is 10.1 Å². The van der Waals surface area contributed by atoms with Gasteiger partial charge in [-0.15, -0.1) is 0 Å². The summed E-state index contributed by atoms with van der Waals surface area (Å²) in [5, 5.41) is 3.13. The summed E-state index contributed by atoms with van der Waals surface area (Å²) in [6.07, 6.45) is 0. The highest BCUT2D eigenvalue weighted by atomic mass is 35.5. The fourth-order valence-electron chi connectivity index (χ4n) is 1.63. The Morgan fingerprint density at radius 1 is 1.18 bits per heavy atom. The molecule has 1 amide bonds. The van der Waals surface area contributed by atoms with Crippen LogP contribution in [0.3, 0.4) is 0 Å². The van der Waals surface area contributed by atoms with Crippen molar-refractivity contribution in [2.75, 3.05) is 11.1 Å². The molecule has 22 heavy (non-hydrogen) atoms. The number of rotatable bonds is 5. The molecule has 0 aliphatic heterocycles. The van der Waals surface area contributed by atoms with Crippen LogP contribution in [0.1, 0.15) is 19.4 Å². The molecule has 0 unspecified atom stereocenters. The van der Waals surface area contributed by atoms with Gasteiger partial charge in [-0.1, -0.05) is 55.8 Å². The summed E-state index contributed by atoms with van der Waals surface area (Å²) in [4.78, 5) is 11.2. The third-order valence-electron chi connectivity index (χ3n) is 2.60. The molecular formula is C17H20ClNO2S. The van der Waals surface area contributed by atoms with Crippen LogP contribution in [0.15, 0.2) is 48.5 Å². The van der Waals surface area contributed by atoms with E-state index in [1.165, 1.54) is 0 Å². The monoisotopic (exact) mass is 337 g/mol. The maximum absolute atomic E-state index is 11.2. The third-order valence-corrected chi connectivity index (χ3v) is 3.18. The Morgan fingerprint density at radius 2 is 1.86 bits per heavy atom. The number of thiol groups is 1. The van der Waals surface area contributed by atoms with Crippen molar-refractivity contribution in [3.63, 3.8) is 0 Å². The Balaban J connectivity index is 0.00000116. The lowest BCUT2D eigenvalue weighted by atomic mass is 10.2. The minimum atomic E-state index is -0.178. The Bertz CT molecular complexity index is 590. The average Bonchev–Trinajstić information content (AvgIpc) is 2.57. The molecule has 1 N–H and O–H groups in total. The molecular weight excluding hydrogens is 318 g/mol. The molecule has 0 radical (unpaired) electrons. The number of carbonyl (C=O) groups is 1. The van der Waals surface area contributed by atoms with E-state index in [1.54, 1.807) is 18.2 Å². The number of benzene rings is 2. The van der Waals surface area contributed by atoms with Gasteiger partial charge in [0.2, 0.25) is 5.91 Å². The quantitative estimate of drug-likeness (QED) is 0.768. The zero-order valence-electron chi connectivity index (χ0n) is 12.7. The van der Waals surface area contributed by atoms with Gasteiger partial charge in [-0.05, 0) is 23.8 Å². The highest BCUT2D eigenvalue weighted by Gasteiger charge is 2.05. The van der Waals surface area contributed by atoms with Crippen LogP contribution in [0.4, 0.5) is 5.69 Å². The predicted octanol–water partition coefficient (Wildman–Crippen LogP) is 4.81. The highest BCUT2D eigenvalue weighted by molar-refractivity contribution is 7.81. The lowest BCUT2D eigenvalue weighted by Crippen LogP contribution is -2.12. The number of ether oxygens (including phenoxy) is 1. The van der Waals surface area contributed by atoms with Gasteiger partial charge in [-0.25, -0.2) is 0 Å². The largest absolute Gasteiger partial charge is 0.487 e. The summed E-state index contributed by atoms with van der Waals surface area (Å²) < 4.78 is 5.65. The summed E-state index contributed by atoms with van der Waals surface area (Å²) >= 11 is 10.0. The van der Waals surface area contributed by atoms with Crippen LogP contribution in [0.25, 0.3) is 0 Å². The van der Waals surface area contributed by atoms with Gasteiger partial charge in [0.25, 0.3) is 0 Å². The number of anilines is 1. The summed E-state index contributed by atoms with van der Waals surface area (Å²) in [6.45, 7) is 4.45. The molecule has 0 atom stereocenters. The molecule has 0 aliphatic rings. The molecule has 118 valence electrons. The Kier molecular flexibility index (Phi) is 8.48. The van der Waals surface area contributed by atoms with E-state index in [0.29, 0.717) is 23.1 Å². The van der Waals surface area contributed by atoms with Gasteiger partial charge >= 0.3 is 0 Å². The molecule has 0 aliphatic carbocycles. The first-order valence-corrected chi connectivity index (χ1v) is 8.07. The molecule has 0 spiro atoms. The van der Waals surface area contributed by atoms with Crippen molar-refractivity contribution in [1.82, 2.24) is 0 Å².